The van der Waals surface area contributed by atoms with E-state index in [9.17, 15) is 5.11 Å². The van der Waals surface area contributed by atoms with E-state index in [0.717, 1.165) is 6.54 Å². The van der Waals surface area contributed by atoms with E-state index in [4.69, 9.17) is 0 Å². The molecule has 2 N–H and O–H groups in total. The zero-order chi connectivity index (χ0) is 15.9. The van der Waals surface area contributed by atoms with Crippen LogP contribution < -0.4 is 5.32 Å². The van der Waals surface area contributed by atoms with Crippen molar-refractivity contribution >= 4 is 0 Å². The van der Waals surface area contributed by atoms with Gasteiger partial charge in [-0.3, -0.25) is 0 Å². The number of rotatable bonds is 2. The van der Waals surface area contributed by atoms with Gasteiger partial charge in [0.05, 0.1) is 0 Å². The van der Waals surface area contributed by atoms with Crippen LogP contribution in [0.1, 0.15) is 59.9 Å². The number of hydrogen-bond donors (Lipinski definition) is 2. The van der Waals surface area contributed by atoms with Crippen LogP contribution in [-0.2, 0) is 5.41 Å². The lowest BCUT2D eigenvalue weighted by atomic mass is 9.48. The van der Waals surface area contributed by atoms with Crippen LogP contribution in [0.3, 0.4) is 0 Å². The minimum absolute atomic E-state index is 0.0181. The summed E-state index contributed by atoms with van der Waals surface area (Å²) in [5, 5.41) is 13.4. The molecule has 1 aliphatic heterocycles. The second kappa shape index (κ2) is 5.31. The fraction of sp³-hybridized carbons (Fsp3) is 0.684. The molecule has 0 spiro atoms. The Bertz CT molecular complexity index is 456. The van der Waals surface area contributed by atoms with E-state index in [-0.39, 0.29) is 16.2 Å². The van der Waals surface area contributed by atoms with Crippen LogP contribution >= 0.6 is 0 Å². The highest BCUT2D eigenvalue weighted by Crippen LogP contribution is 2.56. The summed E-state index contributed by atoms with van der Waals surface area (Å²) < 4.78 is 0. The molecule has 21 heavy (non-hydrogen) atoms. The monoisotopic (exact) mass is 289 g/mol. The highest BCUT2D eigenvalue weighted by Gasteiger charge is 2.56. The van der Waals surface area contributed by atoms with Gasteiger partial charge in [-0.25, -0.2) is 0 Å². The minimum atomic E-state index is 0.0181. The standard InChI is InChI=1S/C19H31NO/c1-17(2,3)19(18(4,5)6,16-8-7-13-20-16)14-9-11-15(21)12-10-14/h9-12,16,20-21H,7-8,13H2,1-6H3. The second-order valence-corrected chi connectivity index (χ2v) is 8.50. The van der Waals surface area contributed by atoms with Gasteiger partial charge in [-0.15, -0.1) is 0 Å². The Morgan fingerprint density at radius 3 is 1.86 bits per heavy atom. The molecule has 2 heteroatoms. The number of benzene rings is 1. The van der Waals surface area contributed by atoms with Crippen LogP contribution in [0.4, 0.5) is 0 Å². The van der Waals surface area contributed by atoms with Crippen LogP contribution in [0.25, 0.3) is 0 Å². The molecule has 0 saturated carbocycles. The van der Waals surface area contributed by atoms with Gasteiger partial charge in [-0.2, -0.15) is 0 Å². The maximum absolute atomic E-state index is 9.68. The van der Waals surface area contributed by atoms with Crippen molar-refractivity contribution in [2.24, 2.45) is 10.8 Å². The predicted molar refractivity (Wildman–Crippen MR) is 89.7 cm³/mol. The molecule has 1 aromatic rings. The molecule has 1 aliphatic rings. The lowest BCUT2D eigenvalue weighted by Crippen LogP contribution is -2.60. The fourth-order valence-corrected chi connectivity index (χ4v) is 5.02. The first-order valence-corrected chi connectivity index (χ1v) is 8.13. The zero-order valence-electron chi connectivity index (χ0n) is 14.5. The summed E-state index contributed by atoms with van der Waals surface area (Å²) in [6, 6.07) is 8.37. The van der Waals surface area contributed by atoms with Gasteiger partial charge in [0, 0.05) is 11.5 Å². The normalized spacial score (nSPS) is 20.8. The molecule has 118 valence electrons. The molecule has 2 nitrogen and oxygen atoms in total. The van der Waals surface area contributed by atoms with Crippen LogP contribution in [-0.4, -0.2) is 17.7 Å². The summed E-state index contributed by atoms with van der Waals surface area (Å²) in [5.74, 6) is 0.342. The molecule has 1 aromatic carbocycles. The van der Waals surface area contributed by atoms with Crippen molar-refractivity contribution in [2.75, 3.05) is 6.54 Å². The average Bonchev–Trinajstić information content (AvgIpc) is 2.82. The molecule has 0 amide bonds. The summed E-state index contributed by atoms with van der Waals surface area (Å²) in [4.78, 5) is 0. The van der Waals surface area contributed by atoms with Crippen LogP contribution in [0.15, 0.2) is 24.3 Å². The van der Waals surface area contributed by atoms with E-state index in [1.807, 2.05) is 12.1 Å². The smallest absolute Gasteiger partial charge is 0.115 e. The summed E-state index contributed by atoms with van der Waals surface area (Å²) in [7, 11) is 0. The van der Waals surface area contributed by atoms with Crippen LogP contribution in [0.5, 0.6) is 5.75 Å². The first-order valence-electron chi connectivity index (χ1n) is 8.13. The van der Waals surface area contributed by atoms with E-state index in [1.54, 1.807) is 0 Å². The molecule has 0 aromatic heterocycles. The molecule has 1 saturated heterocycles. The van der Waals surface area contributed by atoms with Gasteiger partial charge < -0.3 is 10.4 Å². The van der Waals surface area contributed by atoms with Gasteiger partial charge in [0.1, 0.15) is 5.75 Å². The molecule has 1 atom stereocenters. The topological polar surface area (TPSA) is 32.3 Å². The highest BCUT2D eigenvalue weighted by molar-refractivity contribution is 5.37. The van der Waals surface area contributed by atoms with Gasteiger partial charge in [-0.05, 0) is 47.9 Å². The third-order valence-corrected chi connectivity index (χ3v) is 5.27. The summed E-state index contributed by atoms with van der Waals surface area (Å²) in [5.41, 5.74) is 1.58. The first-order chi connectivity index (χ1) is 9.60. The van der Waals surface area contributed by atoms with E-state index < -0.39 is 0 Å². The number of hydrogen-bond acceptors (Lipinski definition) is 2. The summed E-state index contributed by atoms with van der Waals surface area (Å²) in [6.07, 6.45) is 2.46. The molecule has 1 unspecified atom stereocenters. The van der Waals surface area contributed by atoms with Crippen molar-refractivity contribution in [2.45, 2.75) is 65.8 Å². The average molecular weight is 289 g/mol. The lowest BCUT2D eigenvalue weighted by Gasteiger charge is -2.58. The highest BCUT2D eigenvalue weighted by atomic mass is 16.3. The zero-order valence-corrected chi connectivity index (χ0v) is 14.5. The molecule has 2 rings (SSSR count). The van der Waals surface area contributed by atoms with Crippen molar-refractivity contribution in [1.29, 1.82) is 0 Å². The van der Waals surface area contributed by atoms with Crippen LogP contribution in [0.2, 0.25) is 0 Å². The number of phenolic OH excluding ortho intramolecular Hbond substituents is 1. The molecule has 0 radical (unpaired) electrons. The van der Waals surface area contributed by atoms with Gasteiger partial charge >= 0.3 is 0 Å². The summed E-state index contributed by atoms with van der Waals surface area (Å²) in [6.45, 7) is 15.2. The van der Waals surface area contributed by atoms with Gasteiger partial charge in [0.15, 0.2) is 0 Å². The van der Waals surface area contributed by atoms with E-state index in [1.165, 1.54) is 18.4 Å². The molecule has 0 bridgehead atoms. The van der Waals surface area contributed by atoms with Gasteiger partial charge in [0.25, 0.3) is 0 Å². The Hall–Kier alpha value is -1.02. The quantitative estimate of drug-likeness (QED) is 0.841. The Balaban J connectivity index is 2.69. The number of aromatic hydroxyl groups is 1. The first kappa shape index (κ1) is 16.4. The van der Waals surface area contributed by atoms with Crippen molar-refractivity contribution in [3.05, 3.63) is 29.8 Å². The SMILES string of the molecule is CC(C)(C)C(c1ccc(O)cc1)(C1CCCN1)C(C)(C)C. The predicted octanol–water partition coefficient (Wildman–Crippen LogP) is 4.47. The van der Waals surface area contributed by atoms with E-state index in [0.29, 0.717) is 11.8 Å². The summed E-state index contributed by atoms with van der Waals surface area (Å²) >= 11 is 0. The van der Waals surface area contributed by atoms with Crippen LogP contribution in [0, 0.1) is 10.8 Å². The Labute approximate surface area is 130 Å². The second-order valence-electron chi connectivity index (χ2n) is 8.50. The fourth-order valence-electron chi connectivity index (χ4n) is 5.02. The molecule has 1 heterocycles. The van der Waals surface area contributed by atoms with E-state index >= 15 is 0 Å². The third kappa shape index (κ3) is 2.59. The third-order valence-electron chi connectivity index (χ3n) is 5.27. The molecular weight excluding hydrogens is 258 g/mol. The lowest BCUT2D eigenvalue weighted by molar-refractivity contribution is 0.0188. The maximum atomic E-state index is 9.68. The van der Waals surface area contributed by atoms with Crippen molar-refractivity contribution in [3.63, 3.8) is 0 Å². The van der Waals surface area contributed by atoms with Crippen molar-refractivity contribution < 1.29 is 5.11 Å². The van der Waals surface area contributed by atoms with Crippen molar-refractivity contribution in [1.82, 2.24) is 5.32 Å². The molecular formula is C19H31NO. The van der Waals surface area contributed by atoms with Gasteiger partial charge in [0.2, 0.25) is 0 Å². The number of nitrogens with one attached hydrogen (secondary N) is 1. The Kier molecular flexibility index (Phi) is 4.14. The largest absolute Gasteiger partial charge is 0.508 e. The minimum Gasteiger partial charge on any atom is -0.508 e. The van der Waals surface area contributed by atoms with Gasteiger partial charge in [-0.1, -0.05) is 53.7 Å². The molecule has 1 fully saturated rings. The Morgan fingerprint density at radius 1 is 0.952 bits per heavy atom. The number of phenols is 1. The maximum Gasteiger partial charge on any atom is 0.115 e. The molecule has 0 aliphatic carbocycles. The van der Waals surface area contributed by atoms with Crippen molar-refractivity contribution in [3.8, 4) is 5.75 Å². The van der Waals surface area contributed by atoms with E-state index in [2.05, 4.69) is 59.0 Å². The Morgan fingerprint density at radius 2 is 1.48 bits per heavy atom.